The van der Waals surface area contributed by atoms with E-state index in [0.29, 0.717) is 26.2 Å². The zero-order chi connectivity index (χ0) is 18.0. The van der Waals surface area contributed by atoms with Gasteiger partial charge in [-0.25, -0.2) is 0 Å². The average molecular weight is 343 g/mol. The van der Waals surface area contributed by atoms with Gasteiger partial charge in [-0.05, 0) is 38.0 Å². The first kappa shape index (κ1) is 18.7. The second-order valence-electron chi connectivity index (χ2n) is 6.84. The Morgan fingerprint density at radius 2 is 1.71 bits per heavy atom. The fourth-order valence-corrected chi connectivity index (χ4v) is 2.80. The highest BCUT2D eigenvalue weighted by molar-refractivity contribution is 5.85. The van der Waals surface area contributed by atoms with Crippen molar-refractivity contribution in [1.29, 1.82) is 0 Å². The average Bonchev–Trinajstić information content (AvgIpc) is 2.71. The number of hydrogen-bond acceptors (Lipinski definition) is 3. The van der Waals surface area contributed by atoms with E-state index in [2.05, 4.69) is 4.90 Å². The summed E-state index contributed by atoms with van der Waals surface area (Å²) in [6.45, 7) is 6.69. The van der Waals surface area contributed by atoms with E-state index in [9.17, 15) is 18.0 Å². The molecule has 0 unspecified atom stereocenters. The second-order valence-corrected chi connectivity index (χ2v) is 6.84. The molecule has 1 heterocycles. The summed E-state index contributed by atoms with van der Waals surface area (Å²) in [5.74, 6) is -0.0705. The van der Waals surface area contributed by atoms with Crippen LogP contribution in [0.5, 0.6) is 0 Å². The summed E-state index contributed by atoms with van der Waals surface area (Å²) in [5, 5.41) is 0. The van der Waals surface area contributed by atoms with E-state index in [4.69, 9.17) is 5.73 Å². The van der Waals surface area contributed by atoms with Gasteiger partial charge in [0.2, 0.25) is 5.91 Å². The van der Waals surface area contributed by atoms with Gasteiger partial charge in [0.1, 0.15) is 0 Å². The molecule has 0 aliphatic carbocycles. The Morgan fingerprint density at radius 1 is 1.08 bits per heavy atom. The molecule has 7 heteroatoms. The summed E-state index contributed by atoms with van der Waals surface area (Å²) < 4.78 is 37.8. The summed E-state index contributed by atoms with van der Waals surface area (Å²) in [6.07, 6.45) is -3.49. The molecular weight excluding hydrogens is 319 g/mol. The first-order valence-electron chi connectivity index (χ1n) is 8.04. The lowest BCUT2D eigenvalue weighted by molar-refractivity contribution is -0.137. The van der Waals surface area contributed by atoms with Crippen molar-refractivity contribution in [2.45, 2.75) is 38.5 Å². The Hall–Kier alpha value is -1.60. The highest BCUT2D eigenvalue weighted by Crippen LogP contribution is 2.29. The smallest absolute Gasteiger partial charge is 0.340 e. The maximum absolute atomic E-state index is 12.6. The Morgan fingerprint density at radius 3 is 2.25 bits per heavy atom. The standard InChI is InChI=1S/C17H24F3N3O/c1-16(2,21)15(24)23-9-3-8-22(10-11-23)12-13-4-6-14(7-5-13)17(18,19)20/h4-7H,3,8-12,21H2,1-2H3. The van der Waals surface area contributed by atoms with Crippen LogP contribution < -0.4 is 5.73 Å². The molecule has 1 saturated heterocycles. The van der Waals surface area contributed by atoms with Gasteiger partial charge in [-0.2, -0.15) is 13.2 Å². The third-order valence-electron chi connectivity index (χ3n) is 4.11. The van der Waals surface area contributed by atoms with Crippen LogP contribution in [0.4, 0.5) is 13.2 Å². The predicted octanol–water partition coefficient (Wildman–Crippen LogP) is 2.48. The minimum absolute atomic E-state index is 0.0705. The van der Waals surface area contributed by atoms with Crippen LogP contribution in [0.1, 0.15) is 31.4 Å². The number of alkyl halides is 3. The largest absolute Gasteiger partial charge is 0.416 e. The van der Waals surface area contributed by atoms with Crippen molar-refractivity contribution in [3.8, 4) is 0 Å². The van der Waals surface area contributed by atoms with Gasteiger partial charge in [-0.3, -0.25) is 9.69 Å². The maximum Gasteiger partial charge on any atom is 0.416 e. The molecule has 1 aromatic carbocycles. The fraction of sp³-hybridized carbons (Fsp3) is 0.588. The molecule has 0 atom stereocenters. The zero-order valence-electron chi connectivity index (χ0n) is 14.1. The van der Waals surface area contributed by atoms with Gasteiger partial charge in [0.05, 0.1) is 11.1 Å². The highest BCUT2D eigenvalue weighted by atomic mass is 19.4. The molecule has 0 aromatic heterocycles. The second kappa shape index (κ2) is 7.11. The van der Waals surface area contributed by atoms with Gasteiger partial charge in [0.25, 0.3) is 0 Å². The van der Waals surface area contributed by atoms with E-state index in [1.165, 1.54) is 12.1 Å². The van der Waals surface area contributed by atoms with Crippen molar-refractivity contribution < 1.29 is 18.0 Å². The molecule has 1 aliphatic heterocycles. The molecule has 24 heavy (non-hydrogen) atoms. The first-order chi connectivity index (χ1) is 11.1. The van der Waals surface area contributed by atoms with Crippen molar-refractivity contribution in [3.63, 3.8) is 0 Å². The van der Waals surface area contributed by atoms with E-state index < -0.39 is 17.3 Å². The Labute approximate surface area is 140 Å². The quantitative estimate of drug-likeness (QED) is 0.917. The molecular formula is C17H24F3N3O. The minimum atomic E-state index is -4.31. The lowest BCUT2D eigenvalue weighted by atomic mass is 10.1. The number of benzene rings is 1. The molecule has 1 aromatic rings. The van der Waals surface area contributed by atoms with Crippen LogP contribution in [-0.4, -0.2) is 47.4 Å². The Kier molecular flexibility index (Phi) is 5.55. The SMILES string of the molecule is CC(C)(N)C(=O)N1CCCN(Cc2ccc(C(F)(F)F)cc2)CC1. The topological polar surface area (TPSA) is 49.6 Å². The van der Waals surface area contributed by atoms with Crippen molar-refractivity contribution in [1.82, 2.24) is 9.80 Å². The number of carbonyl (C=O) groups is 1. The van der Waals surface area contributed by atoms with E-state index in [-0.39, 0.29) is 5.91 Å². The number of nitrogens with two attached hydrogens (primary N) is 1. The fourth-order valence-electron chi connectivity index (χ4n) is 2.80. The maximum atomic E-state index is 12.6. The van der Waals surface area contributed by atoms with Crippen LogP contribution in [0.2, 0.25) is 0 Å². The molecule has 4 nitrogen and oxygen atoms in total. The number of hydrogen-bond donors (Lipinski definition) is 1. The predicted molar refractivity (Wildman–Crippen MR) is 86.2 cm³/mol. The number of nitrogens with zero attached hydrogens (tertiary/aromatic N) is 2. The van der Waals surface area contributed by atoms with Crippen molar-refractivity contribution in [2.75, 3.05) is 26.2 Å². The number of rotatable bonds is 3. The molecule has 2 rings (SSSR count). The molecule has 0 saturated carbocycles. The van der Waals surface area contributed by atoms with Gasteiger partial charge in [0.15, 0.2) is 0 Å². The van der Waals surface area contributed by atoms with Crippen molar-refractivity contribution in [3.05, 3.63) is 35.4 Å². The summed E-state index contributed by atoms with van der Waals surface area (Å²) in [5.41, 5.74) is 5.19. The lowest BCUT2D eigenvalue weighted by Crippen LogP contribution is -2.52. The molecule has 134 valence electrons. The molecule has 1 amide bonds. The Balaban J connectivity index is 1.94. The van der Waals surface area contributed by atoms with Crippen LogP contribution in [-0.2, 0) is 17.5 Å². The van der Waals surface area contributed by atoms with E-state index in [1.807, 2.05) is 0 Å². The van der Waals surface area contributed by atoms with Gasteiger partial charge in [-0.15, -0.1) is 0 Å². The van der Waals surface area contributed by atoms with Gasteiger partial charge in [0, 0.05) is 32.7 Å². The number of halogens is 3. The molecule has 1 fully saturated rings. The normalized spacial score (nSPS) is 17.7. The summed E-state index contributed by atoms with van der Waals surface area (Å²) in [4.78, 5) is 16.2. The van der Waals surface area contributed by atoms with Crippen LogP contribution in [0.25, 0.3) is 0 Å². The van der Waals surface area contributed by atoms with Gasteiger partial charge in [-0.1, -0.05) is 12.1 Å². The molecule has 0 radical (unpaired) electrons. The molecule has 1 aliphatic rings. The Bertz CT molecular complexity index is 564. The van der Waals surface area contributed by atoms with Gasteiger partial charge >= 0.3 is 6.18 Å². The summed E-state index contributed by atoms with van der Waals surface area (Å²) >= 11 is 0. The number of amides is 1. The van der Waals surface area contributed by atoms with Crippen LogP contribution in [0.3, 0.4) is 0 Å². The van der Waals surface area contributed by atoms with Crippen molar-refractivity contribution >= 4 is 5.91 Å². The van der Waals surface area contributed by atoms with E-state index in [1.54, 1.807) is 18.7 Å². The summed E-state index contributed by atoms with van der Waals surface area (Å²) in [7, 11) is 0. The van der Waals surface area contributed by atoms with Gasteiger partial charge < -0.3 is 10.6 Å². The highest BCUT2D eigenvalue weighted by Gasteiger charge is 2.30. The molecule has 0 bridgehead atoms. The van der Waals surface area contributed by atoms with Crippen molar-refractivity contribution in [2.24, 2.45) is 5.73 Å². The third-order valence-corrected chi connectivity index (χ3v) is 4.11. The van der Waals surface area contributed by atoms with E-state index in [0.717, 1.165) is 30.7 Å². The first-order valence-corrected chi connectivity index (χ1v) is 8.04. The lowest BCUT2D eigenvalue weighted by Gasteiger charge is -2.28. The zero-order valence-corrected chi connectivity index (χ0v) is 14.1. The van der Waals surface area contributed by atoms with Crippen LogP contribution in [0.15, 0.2) is 24.3 Å². The minimum Gasteiger partial charge on any atom is -0.340 e. The monoisotopic (exact) mass is 343 g/mol. The van der Waals surface area contributed by atoms with Crippen LogP contribution >= 0.6 is 0 Å². The molecule has 0 spiro atoms. The number of carbonyl (C=O) groups excluding carboxylic acids is 1. The van der Waals surface area contributed by atoms with Crippen LogP contribution in [0, 0.1) is 0 Å². The third kappa shape index (κ3) is 4.95. The van der Waals surface area contributed by atoms with E-state index >= 15 is 0 Å². The molecule has 2 N–H and O–H groups in total. The summed E-state index contributed by atoms with van der Waals surface area (Å²) in [6, 6.07) is 5.25.